The van der Waals surface area contributed by atoms with E-state index in [4.69, 9.17) is 4.74 Å². The second-order valence-corrected chi connectivity index (χ2v) is 3.72. The minimum absolute atomic E-state index is 0.0360. The lowest BCUT2D eigenvalue weighted by Gasteiger charge is -2.01. The van der Waals surface area contributed by atoms with Crippen molar-refractivity contribution in [3.8, 4) is 0 Å². The lowest BCUT2D eigenvalue weighted by molar-refractivity contribution is -0.141. The zero-order valence-electron chi connectivity index (χ0n) is 10.6. The average Bonchev–Trinajstić information content (AvgIpc) is 2.82. The molecule has 19 heavy (non-hydrogen) atoms. The molecular weight excluding hydrogens is 250 g/mol. The Bertz CT molecular complexity index is 622. The Kier molecular flexibility index (Phi) is 3.69. The smallest absolute Gasteiger partial charge is 0.325 e. The maximum atomic E-state index is 11.7. The van der Waals surface area contributed by atoms with Gasteiger partial charge in [-0.25, -0.2) is 9.50 Å². The van der Waals surface area contributed by atoms with Crippen LogP contribution in [0.4, 0.5) is 0 Å². The molecule has 0 saturated heterocycles. The van der Waals surface area contributed by atoms with E-state index < -0.39 is 11.9 Å². The third-order valence-corrected chi connectivity index (χ3v) is 2.33. The molecule has 0 unspecified atom stereocenters. The van der Waals surface area contributed by atoms with E-state index in [1.54, 1.807) is 19.2 Å². The van der Waals surface area contributed by atoms with Gasteiger partial charge in [-0.05, 0) is 19.9 Å². The molecule has 0 aliphatic carbocycles. The molecule has 0 saturated carbocycles. The van der Waals surface area contributed by atoms with E-state index in [1.807, 2.05) is 6.92 Å². The van der Waals surface area contributed by atoms with Gasteiger partial charge >= 0.3 is 5.97 Å². The molecule has 0 aliphatic rings. The van der Waals surface area contributed by atoms with Crippen LogP contribution in [0, 0.1) is 6.92 Å². The van der Waals surface area contributed by atoms with Crippen LogP contribution in [0.15, 0.2) is 12.3 Å². The molecule has 0 aliphatic heterocycles. The molecule has 2 aromatic heterocycles. The fourth-order valence-electron chi connectivity index (χ4n) is 1.45. The molecule has 1 N–H and O–H groups in total. The summed E-state index contributed by atoms with van der Waals surface area (Å²) in [6.07, 6.45) is 1.58. The normalized spacial score (nSPS) is 10.4. The first-order chi connectivity index (χ1) is 9.11. The monoisotopic (exact) mass is 263 g/mol. The first kappa shape index (κ1) is 12.9. The second kappa shape index (κ2) is 5.42. The van der Waals surface area contributed by atoms with E-state index in [9.17, 15) is 9.59 Å². The first-order valence-electron chi connectivity index (χ1n) is 5.74. The van der Waals surface area contributed by atoms with Gasteiger partial charge in [-0.3, -0.25) is 9.59 Å². The van der Waals surface area contributed by atoms with Crippen molar-refractivity contribution >= 4 is 17.7 Å². The van der Waals surface area contributed by atoms with E-state index >= 15 is 0 Å². The molecule has 0 atom stereocenters. The summed E-state index contributed by atoms with van der Waals surface area (Å²) in [5.74, 6) is -0.751. The molecule has 0 radical (unpaired) electrons. The third kappa shape index (κ3) is 2.84. The second-order valence-electron chi connectivity index (χ2n) is 3.72. The Morgan fingerprint density at radius 2 is 2.26 bits per heavy atom. The number of fused-ring (bicyclic) bond motifs is 1. The molecule has 1 amide bonds. The van der Waals surface area contributed by atoms with Crippen molar-refractivity contribution in [3.05, 3.63) is 23.8 Å². The molecule has 2 aromatic rings. The molecule has 8 nitrogen and oxygen atoms in total. The van der Waals surface area contributed by atoms with E-state index in [0.717, 1.165) is 5.69 Å². The van der Waals surface area contributed by atoms with Gasteiger partial charge in [-0.2, -0.15) is 4.98 Å². The van der Waals surface area contributed by atoms with Gasteiger partial charge in [0.25, 0.3) is 11.7 Å². The van der Waals surface area contributed by atoms with E-state index in [0.29, 0.717) is 5.78 Å². The SMILES string of the molecule is CCOC(=O)CNC(=O)c1nc2nccc(C)n2n1. The van der Waals surface area contributed by atoms with Gasteiger partial charge in [0.05, 0.1) is 6.61 Å². The predicted octanol–water partition coefficient (Wildman–Crippen LogP) is -0.274. The maximum Gasteiger partial charge on any atom is 0.325 e. The van der Waals surface area contributed by atoms with Crippen molar-refractivity contribution in [3.63, 3.8) is 0 Å². The minimum atomic E-state index is -0.544. The zero-order chi connectivity index (χ0) is 13.8. The van der Waals surface area contributed by atoms with Crippen LogP contribution in [0.2, 0.25) is 0 Å². The highest BCUT2D eigenvalue weighted by Gasteiger charge is 2.15. The summed E-state index contributed by atoms with van der Waals surface area (Å²) >= 11 is 0. The number of carbonyl (C=O) groups is 2. The van der Waals surface area contributed by atoms with Crippen LogP contribution in [-0.4, -0.2) is 44.6 Å². The van der Waals surface area contributed by atoms with Crippen LogP contribution in [0.1, 0.15) is 23.2 Å². The summed E-state index contributed by atoms with van der Waals surface area (Å²) in [5, 5.41) is 6.40. The molecule has 0 bridgehead atoms. The van der Waals surface area contributed by atoms with Gasteiger partial charge in [0.2, 0.25) is 5.82 Å². The number of hydrogen-bond acceptors (Lipinski definition) is 6. The molecular formula is C11H13N5O3. The largest absolute Gasteiger partial charge is 0.465 e. The first-order valence-corrected chi connectivity index (χ1v) is 5.74. The molecule has 100 valence electrons. The number of nitrogens with zero attached hydrogens (tertiary/aromatic N) is 4. The van der Waals surface area contributed by atoms with Gasteiger partial charge in [0, 0.05) is 11.9 Å². The number of carbonyl (C=O) groups excluding carboxylic acids is 2. The van der Waals surface area contributed by atoms with Gasteiger partial charge in [-0.1, -0.05) is 0 Å². The number of ether oxygens (including phenoxy) is 1. The van der Waals surface area contributed by atoms with Crippen LogP contribution in [0.3, 0.4) is 0 Å². The van der Waals surface area contributed by atoms with Gasteiger partial charge in [0.1, 0.15) is 6.54 Å². The topological polar surface area (TPSA) is 98.5 Å². The highest BCUT2D eigenvalue weighted by molar-refractivity contribution is 5.92. The number of aromatic nitrogens is 4. The number of amides is 1. The standard InChI is InChI=1S/C11H13N5O3/c1-3-19-8(17)6-13-10(18)9-14-11-12-5-4-7(2)16(11)15-9/h4-5H,3,6H2,1-2H3,(H,13,18). The number of rotatable bonds is 4. The van der Waals surface area contributed by atoms with Crippen LogP contribution in [0.25, 0.3) is 5.78 Å². The predicted molar refractivity (Wildman–Crippen MR) is 64.5 cm³/mol. The molecule has 2 heterocycles. The quantitative estimate of drug-likeness (QED) is 0.762. The Morgan fingerprint density at radius 1 is 1.47 bits per heavy atom. The van der Waals surface area contributed by atoms with Crippen molar-refractivity contribution in [2.24, 2.45) is 0 Å². The summed E-state index contributed by atoms with van der Waals surface area (Å²) in [7, 11) is 0. The minimum Gasteiger partial charge on any atom is -0.465 e. The van der Waals surface area contributed by atoms with E-state index in [-0.39, 0.29) is 19.0 Å². The van der Waals surface area contributed by atoms with Crippen molar-refractivity contribution in [1.82, 2.24) is 24.9 Å². The molecule has 0 spiro atoms. The lowest BCUT2D eigenvalue weighted by atomic mass is 10.5. The van der Waals surface area contributed by atoms with Crippen molar-refractivity contribution in [2.45, 2.75) is 13.8 Å². The van der Waals surface area contributed by atoms with Crippen LogP contribution >= 0.6 is 0 Å². The van der Waals surface area contributed by atoms with Crippen molar-refractivity contribution in [2.75, 3.05) is 13.2 Å². The summed E-state index contributed by atoms with van der Waals surface area (Å²) < 4.78 is 6.15. The van der Waals surface area contributed by atoms with E-state index in [2.05, 4.69) is 20.4 Å². The van der Waals surface area contributed by atoms with Gasteiger partial charge < -0.3 is 10.1 Å². The highest BCUT2D eigenvalue weighted by atomic mass is 16.5. The van der Waals surface area contributed by atoms with Gasteiger partial charge in [0.15, 0.2) is 0 Å². The van der Waals surface area contributed by atoms with Crippen molar-refractivity contribution in [1.29, 1.82) is 0 Å². The lowest BCUT2D eigenvalue weighted by Crippen LogP contribution is -2.31. The van der Waals surface area contributed by atoms with Crippen LogP contribution < -0.4 is 5.32 Å². The number of hydrogen-bond donors (Lipinski definition) is 1. The fraction of sp³-hybridized carbons (Fsp3) is 0.364. The fourth-order valence-corrected chi connectivity index (χ4v) is 1.45. The molecule has 0 fully saturated rings. The summed E-state index contributed by atoms with van der Waals surface area (Å²) in [4.78, 5) is 30.8. The summed E-state index contributed by atoms with van der Waals surface area (Å²) in [6, 6.07) is 1.75. The van der Waals surface area contributed by atoms with Crippen molar-refractivity contribution < 1.29 is 14.3 Å². The average molecular weight is 263 g/mol. The molecule has 0 aromatic carbocycles. The highest BCUT2D eigenvalue weighted by Crippen LogP contribution is 2.01. The summed E-state index contributed by atoms with van der Waals surface area (Å²) in [6.45, 7) is 3.57. The number of esters is 1. The van der Waals surface area contributed by atoms with Gasteiger partial charge in [-0.15, -0.1) is 5.10 Å². The third-order valence-electron chi connectivity index (χ3n) is 2.33. The Hall–Kier alpha value is -2.51. The summed E-state index contributed by atoms with van der Waals surface area (Å²) in [5.41, 5.74) is 0.807. The molecule has 2 rings (SSSR count). The zero-order valence-corrected chi connectivity index (χ0v) is 10.6. The van der Waals surface area contributed by atoms with E-state index in [1.165, 1.54) is 4.52 Å². The Morgan fingerprint density at radius 3 is 2.95 bits per heavy atom. The maximum absolute atomic E-state index is 11.7. The Balaban J connectivity index is 2.09. The number of nitrogens with one attached hydrogen (secondary N) is 1. The van der Waals surface area contributed by atoms with Crippen LogP contribution in [0.5, 0.6) is 0 Å². The molecule has 8 heteroatoms. The van der Waals surface area contributed by atoms with Crippen LogP contribution in [-0.2, 0) is 9.53 Å². The Labute approximate surface area is 108 Å². The number of aryl methyl sites for hydroxylation is 1.